The predicted molar refractivity (Wildman–Crippen MR) is 125 cm³/mol. The first-order valence-corrected chi connectivity index (χ1v) is 10.5. The van der Waals surface area contributed by atoms with E-state index < -0.39 is 24.3 Å². The number of benzene rings is 3. The molecule has 0 fully saturated rings. The van der Waals surface area contributed by atoms with Crippen LogP contribution in [0.1, 0.15) is 26.3 Å². The number of rotatable bonds is 6. The van der Waals surface area contributed by atoms with Crippen molar-refractivity contribution < 1.29 is 19.2 Å². The third kappa shape index (κ3) is 4.25. The van der Waals surface area contributed by atoms with Gasteiger partial charge in [-0.05, 0) is 42.8 Å². The number of anilines is 2. The Balaban J connectivity index is 1.60. The van der Waals surface area contributed by atoms with Crippen LogP contribution in [0, 0.1) is 6.92 Å². The molecule has 0 saturated carbocycles. The molecule has 0 radical (unpaired) electrons. The lowest BCUT2D eigenvalue weighted by Crippen LogP contribution is -2.47. The van der Waals surface area contributed by atoms with Gasteiger partial charge in [0.1, 0.15) is 13.1 Å². The van der Waals surface area contributed by atoms with Gasteiger partial charge in [-0.2, -0.15) is 0 Å². The Morgan fingerprint density at radius 2 is 1.30 bits per heavy atom. The summed E-state index contributed by atoms with van der Waals surface area (Å²) >= 11 is 0. The summed E-state index contributed by atoms with van der Waals surface area (Å²) in [6.07, 6.45) is 0. The van der Waals surface area contributed by atoms with Crippen molar-refractivity contribution >= 4 is 35.0 Å². The molecule has 166 valence electrons. The van der Waals surface area contributed by atoms with Crippen molar-refractivity contribution in [2.75, 3.05) is 29.9 Å². The van der Waals surface area contributed by atoms with Gasteiger partial charge in [0, 0.05) is 18.4 Å². The van der Waals surface area contributed by atoms with Crippen LogP contribution in [-0.2, 0) is 9.59 Å². The summed E-state index contributed by atoms with van der Waals surface area (Å²) < 4.78 is 0. The topological polar surface area (TPSA) is 78.0 Å². The zero-order valence-electron chi connectivity index (χ0n) is 18.4. The molecule has 1 aliphatic rings. The number of amides is 4. The van der Waals surface area contributed by atoms with Crippen LogP contribution in [0.2, 0.25) is 0 Å². The molecule has 3 aromatic carbocycles. The van der Waals surface area contributed by atoms with E-state index in [1.165, 1.54) is 9.80 Å². The number of carbonyl (C=O) groups excluding carboxylic acids is 4. The van der Waals surface area contributed by atoms with Gasteiger partial charge in [0.05, 0.1) is 11.1 Å². The van der Waals surface area contributed by atoms with Crippen LogP contribution in [0.3, 0.4) is 0 Å². The molecule has 0 aliphatic carbocycles. The fourth-order valence-electron chi connectivity index (χ4n) is 3.81. The molecule has 33 heavy (non-hydrogen) atoms. The molecule has 0 bridgehead atoms. The Morgan fingerprint density at radius 3 is 1.91 bits per heavy atom. The second-order valence-corrected chi connectivity index (χ2v) is 7.80. The summed E-state index contributed by atoms with van der Waals surface area (Å²) in [7, 11) is 1.64. The molecule has 4 amide bonds. The number of nitrogens with zero attached hydrogens (tertiary/aromatic N) is 3. The molecule has 0 aromatic heterocycles. The van der Waals surface area contributed by atoms with Gasteiger partial charge in [0.2, 0.25) is 11.8 Å². The molecule has 0 atom stereocenters. The molecule has 3 aromatic rings. The second kappa shape index (κ2) is 9.08. The molecule has 1 heterocycles. The van der Waals surface area contributed by atoms with Gasteiger partial charge in [-0.1, -0.05) is 48.5 Å². The minimum absolute atomic E-state index is 0.238. The maximum atomic E-state index is 13.4. The molecule has 7 nitrogen and oxygen atoms in total. The minimum atomic E-state index is -0.520. The zero-order chi connectivity index (χ0) is 23.5. The van der Waals surface area contributed by atoms with Crippen molar-refractivity contribution in [2.45, 2.75) is 6.92 Å². The molecular formula is C26H23N3O4. The molecule has 1 aliphatic heterocycles. The van der Waals surface area contributed by atoms with Gasteiger partial charge in [-0.3, -0.25) is 24.1 Å². The smallest absolute Gasteiger partial charge is 0.262 e. The molecule has 0 unspecified atom stereocenters. The Kier molecular flexibility index (Phi) is 6.04. The molecular weight excluding hydrogens is 418 g/mol. The number of aryl methyl sites for hydroxylation is 1. The highest BCUT2D eigenvalue weighted by atomic mass is 16.2. The number of hydrogen-bond acceptors (Lipinski definition) is 4. The summed E-state index contributed by atoms with van der Waals surface area (Å²) in [6, 6.07) is 22.8. The highest BCUT2D eigenvalue weighted by molar-refractivity contribution is 6.23. The molecule has 7 heteroatoms. The predicted octanol–water partition coefficient (Wildman–Crippen LogP) is 3.29. The normalized spacial score (nSPS) is 12.5. The van der Waals surface area contributed by atoms with Crippen LogP contribution in [-0.4, -0.2) is 48.7 Å². The lowest BCUT2D eigenvalue weighted by molar-refractivity contribution is -0.122. The Morgan fingerprint density at radius 1 is 0.758 bits per heavy atom. The van der Waals surface area contributed by atoms with E-state index in [1.54, 1.807) is 55.6 Å². The van der Waals surface area contributed by atoms with Crippen LogP contribution in [0.15, 0.2) is 78.9 Å². The maximum absolute atomic E-state index is 13.4. The lowest BCUT2D eigenvalue weighted by atomic mass is 10.1. The van der Waals surface area contributed by atoms with E-state index >= 15 is 0 Å². The van der Waals surface area contributed by atoms with E-state index in [9.17, 15) is 19.2 Å². The first kappa shape index (κ1) is 22.0. The quantitative estimate of drug-likeness (QED) is 0.550. The highest BCUT2D eigenvalue weighted by Gasteiger charge is 2.37. The summed E-state index contributed by atoms with van der Waals surface area (Å²) in [6.45, 7) is 1.14. The Bertz CT molecular complexity index is 1200. The molecule has 0 saturated heterocycles. The summed E-state index contributed by atoms with van der Waals surface area (Å²) in [5.74, 6) is -1.85. The van der Waals surface area contributed by atoms with Gasteiger partial charge in [0.25, 0.3) is 11.8 Å². The Labute approximate surface area is 191 Å². The van der Waals surface area contributed by atoms with Crippen LogP contribution < -0.4 is 9.80 Å². The number of fused-ring (bicyclic) bond motifs is 1. The van der Waals surface area contributed by atoms with Crippen molar-refractivity contribution in [1.82, 2.24) is 4.90 Å². The van der Waals surface area contributed by atoms with E-state index in [0.29, 0.717) is 11.4 Å². The zero-order valence-corrected chi connectivity index (χ0v) is 18.4. The lowest BCUT2D eigenvalue weighted by Gasteiger charge is -2.28. The van der Waals surface area contributed by atoms with Gasteiger partial charge >= 0.3 is 0 Å². The summed E-state index contributed by atoms with van der Waals surface area (Å²) in [5, 5.41) is 0. The number of imide groups is 1. The van der Waals surface area contributed by atoms with Gasteiger partial charge < -0.3 is 9.80 Å². The van der Waals surface area contributed by atoms with Crippen molar-refractivity contribution in [3.63, 3.8) is 0 Å². The van der Waals surface area contributed by atoms with E-state index in [0.717, 1.165) is 10.5 Å². The monoisotopic (exact) mass is 441 g/mol. The Hall–Kier alpha value is -4.26. The first-order chi connectivity index (χ1) is 15.9. The van der Waals surface area contributed by atoms with Crippen molar-refractivity contribution in [3.8, 4) is 0 Å². The average molecular weight is 441 g/mol. The number of carbonyl (C=O) groups is 4. The standard InChI is InChI=1S/C26H23N3O4/c1-18-10-6-9-15-22(18)28(16-23(30)27(2)19-11-4-3-5-12-19)24(31)17-29-25(32)20-13-7-8-14-21(20)26(29)33/h3-15H,16-17H2,1-2H3. The van der Waals surface area contributed by atoms with Gasteiger partial charge in [-0.15, -0.1) is 0 Å². The van der Waals surface area contributed by atoms with E-state index in [-0.39, 0.29) is 23.6 Å². The molecule has 4 rings (SSSR count). The number of likely N-dealkylation sites (N-methyl/N-ethyl adjacent to an activating group) is 1. The van der Waals surface area contributed by atoms with Crippen LogP contribution in [0.25, 0.3) is 0 Å². The number of hydrogen-bond donors (Lipinski definition) is 0. The van der Waals surface area contributed by atoms with Crippen molar-refractivity contribution in [3.05, 3.63) is 95.6 Å². The summed E-state index contributed by atoms with van der Waals surface area (Å²) in [4.78, 5) is 55.7. The SMILES string of the molecule is Cc1ccccc1N(CC(=O)N(C)c1ccccc1)C(=O)CN1C(=O)c2ccccc2C1=O. The summed E-state index contributed by atoms with van der Waals surface area (Å²) in [5.41, 5.74) is 2.59. The third-order valence-corrected chi connectivity index (χ3v) is 5.69. The van der Waals surface area contributed by atoms with Crippen LogP contribution in [0.5, 0.6) is 0 Å². The second-order valence-electron chi connectivity index (χ2n) is 7.80. The maximum Gasteiger partial charge on any atom is 0.262 e. The average Bonchev–Trinajstić information content (AvgIpc) is 3.08. The number of para-hydroxylation sites is 2. The van der Waals surface area contributed by atoms with Crippen LogP contribution in [0.4, 0.5) is 11.4 Å². The first-order valence-electron chi connectivity index (χ1n) is 10.5. The van der Waals surface area contributed by atoms with Gasteiger partial charge in [-0.25, -0.2) is 0 Å². The van der Waals surface area contributed by atoms with Crippen LogP contribution >= 0.6 is 0 Å². The van der Waals surface area contributed by atoms with Crippen molar-refractivity contribution in [2.24, 2.45) is 0 Å². The fraction of sp³-hybridized carbons (Fsp3) is 0.154. The van der Waals surface area contributed by atoms with E-state index in [4.69, 9.17) is 0 Å². The van der Waals surface area contributed by atoms with E-state index in [2.05, 4.69) is 0 Å². The molecule has 0 spiro atoms. The van der Waals surface area contributed by atoms with Gasteiger partial charge in [0.15, 0.2) is 0 Å². The fourth-order valence-corrected chi connectivity index (χ4v) is 3.81. The third-order valence-electron chi connectivity index (χ3n) is 5.69. The highest BCUT2D eigenvalue weighted by Crippen LogP contribution is 2.25. The van der Waals surface area contributed by atoms with E-state index in [1.807, 2.05) is 37.3 Å². The molecule has 0 N–H and O–H groups in total. The largest absolute Gasteiger partial charge is 0.314 e. The van der Waals surface area contributed by atoms with Crippen molar-refractivity contribution in [1.29, 1.82) is 0 Å². The minimum Gasteiger partial charge on any atom is -0.314 e.